The van der Waals surface area contributed by atoms with Gasteiger partial charge in [-0.05, 0) is 50.5 Å². The second-order valence-corrected chi connectivity index (χ2v) is 10.7. The third-order valence-corrected chi connectivity index (χ3v) is 7.40. The van der Waals surface area contributed by atoms with Crippen LogP contribution in [0.25, 0.3) is 0 Å². The van der Waals surface area contributed by atoms with Crippen LogP contribution in [0.15, 0.2) is 58.3 Å². The summed E-state index contributed by atoms with van der Waals surface area (Å²) in [6.45, 7) is 2.55. The van der Waals surface area contributed by atoms with E-state index in [2.05, 4.69) is 10.2 Å². The molecule has 2 aromatic carbocycles. The molecule has 11 heteroatoms. The molecule has 174 valence electrons. The number of anilines is 1. The van der Waals surface area contributed by atoms with Gasteiger partial charge < -0.3 is 10.4 Å². The molecule has 0 radical (unpaired) electrons. The van der Waals surface area contributed by atoms with Gasteiger partial charge in [0.25, 0.3) is 5.69 Å². The second-order valence-electron chi connectivity index (χ2n) is 7.84. The van der Waals surface area contributed by atoms with Crippen LogP contribution in [0.3, 0.4) is 0 Å². The van der Waals surface area contributed by atoms with Crippen molar-refractivity contribution in [3.05, 3.63) is 58.6 Å². The van der Waals surface area contributed by atoms with Gasteiger partial charge in [0.2, 0.25) is 10.0 Å². The second kappa shape index (κ2) is 10.6. The Kier molecular flexibility index (Phi) is 8.12. The van der Waals surface area contributed by atoms with Gasteiger partial charge in [-0.3, -0.25) is 15.0 Å². The standard InChI is InChI=1S/C21H28N4O5S2/c1-15(23-19-10-9-18(32(22,29)30)14-20(19)25(27)28)13-21(24(11-12-26)16-7-8-16)31-17-5-3-2-4-6-17/h2-6,9-10,14-16,21,23,26H,7-8,11-13H2,1H3,(H2,22,29,30)/t15-,21+/m1/s1. The zero-order chi connectivity index (χ0) is 23.3. The van der Waals surface area contributed by atoms with Crippen molar-refractivity contribution in [2.75, 3.05) is 18.5 Å². The molecule has 32 heavy (non-hydrogen) atoms. The summed E-state index contributed by atoms with van der Waals surface area (Å²) in [5, 5.41) is 29.4. The summed E-state index contributed by atoms with van der Waals surface area (Å²) in [7, 11) is -4.04. The molecule has 1 aliphatic carbocycles. The maximum absolute atomic E-state index is 11.6. The molecule has 0 spiro atoms. The zero-order valence-corrected chi connectivity index (χ0v) is 19.4. The van der Waals surface area contributed by atoms with Gasteiger partial charge >= 0.3 is 0 Å². The average Bonchev–Trinajstić information content (AvgIpc) is 3.56. The molecule has 2 atom stereocenters. The van der Waals surface area contributed by atoms with E-state index in [1.165, 1.54) is 12.1 Å². The lowest BCUT2D eigenvalue weighted by atomic mass is 10.2. The monoisotopic (exact) mass is 480 g/mol. The SMILES string of the molecule is C[C@H](C[C@H](Sc1ccccc1)N(CCO)C1CC1)Nc1ccc(S(N)(=O)=O)cc1[N+](=O)[O-]. The number of nitro benzene ring substituents is 1. The number of aliphatic hydroxyl groups is 1. The van der Waals surface area contributed by atoms with E-state index in [4.69, 9.17) is 5.14 Å². The van der Waals surface area contributed by atoms with Crippen LogP contribution in [0.1, 0.15) is 26.2 Å². The van der Waals surface area contributed by atoms with Crippen LogP contribution in [0.2, 0.25) is 0 Å². The van der Waals surface area contributed by atoms with Gasteiger partial charge in [-0.2, -0.15) is 0 Å². The van der Waals surface area contributed by atoms with Gasteiger partial charge in [-0.25, -0.2) is 13.6 Å². The summed E-state index contributed by atoms with van der Waals surface area (Å²) >= 11 is 1.71. The van der Waals surface area contributed by atoms with Crippen LogP contribution in [0, 0.1) is 10.1 Å². The summed E-state index contributed by atoms with van der Waals surface area (Å²) in [5.41, 5.74) is -0.108. The summed E-state index contributed by atoms with van der Waals surface area (Å²) in [4.78, 5) is 14.0. The van der Waals surface area contributed by atoms with Crippen LogP contribution >= 0.6 is 11.8 Å². The van der Waals surface area contributed by atoms with Gasteiger partial charge in [-0.1, -0.05) is 18.2 Å². The number of benzene rings is 2. The van der Waals surface area contributed by atoms with E-state index >= 15 is 0 Å². The predicted molar refractivity (Wildman–Crippen MR) is 125 cm³/mol. The minimum absolute atomic E-state index is 0.0577. The van der Waals surface area contributed by atoms with Crippen LogP contribution in [-0.4, -0.2) is 54.0 Å². The first-order valence-electron chi connectivity index (χ1n) is 10.3. The highest BCUT2D eigenvalue weighted by atomic mass is 32.2. The quantitative estimate of drug-likeness (QED) is 0.182. The van der Waals surface area contributed by atoms with E-state index in [0.717, 1.165) is 23.8 Å². The average molecular weight is 481 g/mol. The van der Waals surface area contributed by atoms with E-state index in [9.17, 15) is 23.6 Å². The maximum atomic E-state index is 11.6. The molecule has 1 saturated carbocycles. The molecule has 0 saturated heterocycles. The Hall–Kier alpha value is -2.18. The smallest absolute Gasteiger partial charge is 0.293 e. The third kappa shape index (κ3) is 6.66. The molecule has 0 aliphatic heterocycles. The molecule has 2 aromatic rings. The highest BCUT2D eigenvalue weighted by Crippen LogP contribution is 2.37. The Bertz CT molecular complexity index is 1030. The van der Waals surface area contributed by atoms with Gasteiger partial charge in [0.1, 0.15) is 5.69 Å². The number of nitro groups is 1. The highest BCUT2D eigenvalue weighted by molar-refractivity contribution is 7.99. The molecule has 3 rings (SSSR count). The Morgan fingerprint density at radius 3 is 2.53 bits per heavy atom. The summed E-state index contributed by atoms with van der Waals surface area (Å²) < 4.78 is 23.1. The maximum Gasteiger partial charge on any atom is 0.293 e. The number of sulfonamides is 1. The minimum Gasteiger partial charge on any atom is -0.395 e. The fourth-order valence-corrected chi connectivity index (χ4v) is 5.54. The van der Waals surface area contributed by atoms with Crippen molar-refractivity contribution < 1.29 is 18.4 Å². The lowest BCUT2D eigenvalue weighted by Gasteiger charge is -2.33. The van der Waals surface area contributed by atoms with Crippen LogP contribution < -0.4 is 10.5 Å². The molecular weight excluding hydrogens is 452 g/mol. The fourth-order valence-electron chi connectivity index (χ4n) is 3.58. The number of hydrogen-bond acceptors (Lipinski definition) is 8. The Labute approximate surface area is 192 Å². The number of hydrogen-bond donors (Lipinski definition) is 3. The number of primary sulfonamides is 1. The molecule has 0 unspecified atom stereocenters. The Morgan fingerprint density at radius 1 is 1.28 bits per heavy atom. The summed E-state index contributed by atoms with van der Waals surface area (Å²) in [5.74, 6) is 0. The molecular formula is C21H28N4O5S2. The molecule has 0 amide bonds. The van der Waals surface area contributed by atoms with E-state index in [1.807, 2.05) is 37.3 Å². The van der Waals surface area contributed by atoms with Crippen molar-refractivity contribution in [2.45, 2.75) is 53.4 Å². The molecule has 0 aromatic heterocycles. The van der Waals surface area contributed by atoms with Crippen molar-refractivity contribution in [3.8, 4) is 0 Å². The van der Waals surface area contributed by atoms with Crippen molar-refractivity contribution in [2.24, 2.45) is 5.14 Å². The van der Waals surface area contributed by atoms with Crippen molar-refractivity contribution in [3.63, 3.8) is 0 Å². The molecule has 4 N–H and O–H groups in total. The van der Waals surface area contributed by atoms with Gasteiger partial charge in [0.05, 0.1) is 21.8 Å². The van der Waals surface area contributed by atoms with Gasteiger partial charge in [0, 0.05) is 29.6 Å². The zero-order valence-electron chi connectivity index (χ0n) is 17.8. The van der Waals surface area contributed by atoms with E-state index in [1.54, 1.807) is 11.8 Å². The van der Waals surface area contributed by atoms with E-state index in [-0.39, 0.29) is 34.3 Å². The number of nitrogens with one attached hydrogen (secondary N) is 1. The fraction of sp³-hybridized carbons (Fsp3) is 0.429. The van der Waals surface area contributed by atoms with Crippen molar-refractivity contribution in [1.29, 1.82) is 0 Å². The first kappa shape index (κ1) is 24.5. The Morgan fingerprint density at radius 2 is 1.97 bits per heavy atom. The number of nitrogens with zero attached hydrogens (tertiary/aromatic N) is 2. The summed E-state index contributed by atoms with van der Waals surface area (Å²) in [6, 6.07) is 13.9. The molecule has 1 fully saturated rings. The topological polar surface area (TPSA) is 139 Å². The van der Waals surface area contributed by atoms with E-state index in [0.29, 0.717) is 19.0 Å². The van der Waals surface area contributed by atoms with E-state index < -0.39 is 14.9 Å². The third-order valence-electron chi connectivity index (χ3n) is 5.21. The largest absolute Gasteiger partial charge is 0.395 e. The first-order chi connectivity index (χ1) is 15.2. The predicted octanol–water partition coefficient (Wildman–Crippen LogP) is 3.01. The highest BCUT2D eigenvalue weighted by Gasteiger charge is 2.35. The first-order valence-corrected chi connectivity index (χ1v) is 12.8. The normalized spacial score (nSPS) is 16.0. The molecule has 0 bridgehead atoms. The van der Waals surface area contributed by atoms with Crippen molar-refractivity contribution >= 4 is 33.2 Å². The van der Waals surface area contributed by atoms with Crippen LogP contribution in [-0.2, 0) is 10.0 Å². The number of thioether (sulfide) groups is 1. The lowest BCUT2D eigenvalue weighted by molar-refractivity contribution is -0.384. The molecule has 1 aliphatic rings. The Balaban J connectivity index is 1.80. The minimum atomic E-state index is -4.04. The number of rotatable bonds is 12. The molecule has 9 nitrogen and oxygen atoms in total. The lowest BCUT2D eigenvalue weighted by Crippen LogP contribution is -2.40. The van der Waals surface area contributed by atoms with Crippen LogP contribution in [0.4, 0.5) is 11.4 Å². The van der Waals surface area contributed by atoms with Gasteiger partial charge in [0.15, 0.2) is 0 Å². The van der Waals surface area contributed by atoms with Gasteiger partial charge in [-0.15, -0.1) is 11.8 Å². The van der Waals surface area contributed by atoms with Crippen LogP contribution in [0.5, 0.6) is 0 Å². The van der Waals surface area contributed by atoms with Crippen molar-refractivity contribution in [1.82, 2.24) is 4.90 Å². The molecule has 0 heterocycles. The number of nitrogens with two attached hydrogens (primary N) is 1. The summed E-state index contributed by atoms with van der Waals surface area (Å²) in [6.07, 6.45) is 2.84. The number of aliphatic hydroxyl groups excluding tert-OH is 1.